The lowest BCUT2D eigenvalue weighted by Gasteiger charge is -2.47. The first-order valence-electron chi connectivity index (χ1n) is 12.7. The van der Waals surface area contributed by atoms with Crippen LogP contribution in [0.1, 0.15) is 58.1 Å². The molecule has 2 heterocycles. The summed E-state index contributed by atoms with van der Waals surface area (Å²) in [4.78, 5) is 5.27. The fourth-order valence-corrected chi connectivity index (χ4v) is 9.44. The highest BCUT2D eigenvalue weighted by molar-refractivity contribution is 8.14. The minimum atomic E-state index is 0.0378. The molecule has 2 unspecified atom stereocenters. The van der Waals surface area contributed by atoms with Crippen molar-refractivity contribution in [3.8, 4) is 0 Å². The van der Waals surface area contributed by atoms with Crippen LogP contribution in [-0.2, 0) is 0 Å². The minimum absolute atomic E-state index is 0.0378. The Balaban J connectivity index is 1.41. The van der Waals surface area contributed by atoms with E-state index < -0.39 is 0 Å². The van der Waals surface area contributed by atoms with Gasteiger partial charge in [0.1, 0.15) is 0 Å². The number of rotatable bonds is 5. The first-order valence-corrected chi connectivity index (χ1v) is 14.3. The van der Waals surface area contributed by atoms with Crippen LogP contribution in [0.15, 0.2) is 89.0 Å². The molecule has 0 N–H and O–H groups in total. The molecular formula is C31H33NS2. The molecule has 0 saturated heterocycles. The van der Waals surface area contributed by atoms with Crippen molar-refractivity contribution in [1.29, 1.82) is 0 Å². The summed E-state index contributed by atoms with van der Waals surface area (Å²) in [5.41, 5.74) is 10.5. The highest BCUT2D eigenvalue weighted by Gasteiger charge is 2.59. The molecular weight excluding hydrogens is 450 g/mol. The molecule has 0 radical (unpaired) electrons. The van der Waals surface area contributed by atoms with Gasteiger partial charge in [-0.2, -0.15) is 0 Å². The Kier molecular flexibility index (Phi) is 5.42. The zero-order valence-electron chi connectivity index (χ0n) is 20.7. The highest BCUT2D eigenvalue weighted by Crippen LogP contribution is 2.70. The lowest BCUT2D eigenvalue weighted by atomic mass is 9.72. The van der Waals surface area contributed by atoms with Crippen molar-refractivity contribution in [3.05, 3.63) is 100 Å². The zero-order chi connectivity index (χ0) is 23.5. The SMILES string of the molecule is CCN(CC)c1ccc(C2=CC3=C4CCCC4=C4C=C(c5ccccc5)SC4(C)C3(C)S2)cc1. The fraction of sp³-hybridized carbons (Fsp3) is 0.355. The predicted octanol–water partition coefficient (Wildman–Crippen LogP) is 8.72. The molecule has 3 heteroatoms. The smallest absolute Gasteiger partial charge is 0.0618 e. The third kappa shape index (κ3) is 3.16. The van der Waals surface area contributed by atoms with Gasteiger partial charge < -0.3 is 4.90 Å². The molecule has 2 aromatic rings. The molecule has 0 aromatic heterocycles. The first kappa shape index (κ1) is 22.4. The van der Waals surface area contributed by atoms with Crippen molar-refractivity contribution in [1.82, 2.24) is 0 Å². The molecule has 174 valence electrons. The van der Waals surface area contributed by atoms with Gasteiger partial charge in [0.25, 0.3) is 0 Å². The molecule has 2 aromatic carbocycles. The molecule has 4 aliphatic rings. The Hall–Kier alpha value is -2.10. The molecule has 2 aliphatic heterocycles. The minimum Gasteiger partial charge on any atom is -0.372 e. The number of anilines is 1. The molecule has 0 spiro atoms. The number of benzene rings is 2. The third-order valence-corrected chi connectivity index (χ3v) is 11.7. The van der Waals surface area contributed by atoms with Crippen molar-refractivity contribution in [2.45, 2.75) is 56.5 Å². The van der Waals surface area contributed by atoms with Crippen molar-refractivity contribution in [3.63, 3.8) is 0 Å². The van der Waals surface area contributed by atoms with E-state index in [0.717, 1.165) is 13.1 Å². The molecule has 1 nitrogen and oxygen atoms in total. The molecule has 6 rings (SSSR count). The quantitative estimate of drug-likeness (QED) is 0.418. The van der Waals surface area contributed by atoms with Gasteiger partial charge in [0.15, 0.2) is 0 Å². The molecule has 2 atom stereocenters. The monoisotopic (exact) mass is 483 g/mol. The van der Waals surface area contributed by atoms with Gasteiger partial charge in [-0.3, -0.25) is 0 Å². The molecule has 34 heavy (non-hydrogen) atoms. The van der Waals surface area contributed by atoms with E-state index in [1.165, 1.54) is 45.9 Å². The van der Waals surface area contributed by atoms with Crippen LogP contribution in [-0.4, -0.2) is 22.6 Å². The van der Waals surface area contributed by atoms with Crippen molar-refractivity contribution in [2.75, 3.05) is 18.0 Å². The average Bonchev–Trinajstić information content (AvgIpc) is 3.57. The lowest BCUT2D eigenvalue weighted by Crippen LogP contribution is -2.47. The predicted molar refractivity (Wildman–Crippen MR) is 152 cm³/mol. The van der Waals surface area contributed by atoms with Gasteiger partial charge in [-0.05, 0) is 105 Å². The van der Waals surface area contributed by atoms with E-state index in [0.29, 0.717) is 0 Å². The number of fused-ring (bicyclic) bond motifs is 4. The molecule has 0 amide bonds. The highest BCUT2D eigenvalue weighted by atomic mass is 32.2. The van der Waals surface area contributed by atoms with E-state index in [9.17, 15) is 0 Å². The van der Waals surface area contributed by atoms with E-state index in [1.54, 1.807) is 22.3 Å². The van der Waals surface area contributed by atoms with Crippen molar-refractivity contribution in [2.24, 2.45) is 0 Å². The summed E-state index contributed by atoms with van der Waals surface area (Å²) in [7, 11) is 0. The molecule has 1 saturated carbocycles. The maximum atomic E-state index is 2.54. The van der Waals surface area contributed by atoms with Crippen LogP contribution < -0.4 is 4.90 Å². The topological polar surface area (TPSA) is 3.24 Å². The number of hydrogen-bond donors (Lipinski definition) is 0. The van der Waals surface area contributed by atoms with Gasteiger partial charge in [0.05, 0.1) is 9.49 Å². The summed E-state index contributed by atoms with van der Waals surface area (Å²) in [6, 6.07) is 20.2. The molecule has 1 fully saturated rings. The normalized spacial score (nSPS) is 27.4. The Bertz CT molecular complexity index is 1260. The standard InChI is InChI=1S/C31H33NS2/c1-5-32(6-2)23-17-15-22(16-18-23)29-20-27-25-14-10-13-24(25)26-19-28(21-11-8-7-9-12-21)33-30(26,3)31(27,4)34-29/h7-9,11-12,15-20H,5-6,10,13-14H2,1-4H3. The van der Waals surface area contributed by atoms with Crippen LogP contribution in [0.3, 0.4) is 0 Å². The Morgan fingerprint density at radius 3 is 1.71 bits per heavy atom. The van der Waals surface area contributed by atoms with E-state index in [4.69, 9.17) is 0 Å². The van der Waals surface area contributed by atoms with E-state index in [2.05, 4.69) is 123 Å². The first-order chi connectivity index (χ1) is 16.5. The van der Waals surface area contributed by atoms with Gasteiger partial charge in [0, 0.05) is 28.6 Å². The Morgan fingerprint density at radius 1 is 0.706 bits per heavy atom. The van der Waals surface area contributed by atoms with Crippen LogP contribution in [0.4, 0.5) is 5.69 Å². The second-order valence-corrected chi connectivity index (χ2v) is 12.9. The number of hydrogen-bond acceptors (Lipinski definition) is 3. The summed E-state index contributed by atoms with van der Waals surface area (Å²) < 4.78 is 0.0802. The van der Waals surface area contributed by atoms with Gasteiger partial charge >= 0.3 is 0 Å². The maximum absolute atomic E-state index is 2.54. The largest absolute Gasteiger partial charge is 0.372 e. The number of nitrogens with zero attached hydrogens (tertiary/aromatic N) is 1. The van der Waals surface area contributed by atoms with Gasteiger partial charge in [-0.1, -0.05) is 42.5 Å². The van der Waals surface area contributed by atoms with Gasteiger partial charge in [0.2, 0.25) is 0 Å². The zero-order valence-corrected chi connectivity index (χ0v) is 22.3. The maximum Gasteiger partial charge on any atom is 0.0618 e. The van der Waals surface area contributed by atoms with E-state index >= 15 is 0 Å². The summed E-state index contributed by atoms with van der Waals surface area (Å²) in [6.45, 7) is 11.6. The van der Waals surface area contributed by atoms with Gasteiger partial charge in [-0.15, -0.1) is 23.5 Å². The summed E-state index contributed by atoms with van der Waals surface area (Å²) in [5, 5.41) is 0. The van der Waals surface area contributed by atoms with E-state index in [-0.39, 0.29) is 9.49 Å². The van der Waals surface area contributed by atoms with E-state index in [1.807, 2.05) is 0 Å². The summed E-state index contributed by atoms with van der Waals surface area (Å²) in [5.74, 6) is 0. The van der Waals surface area contributed by atoms with Crippen LogP contribution >= 0.6 is 23.5 Å². The third-order valence-electron chi connectivity index (χ3n) is 8.32. The second-order valence-electron chi connectivity index (χ2n) is 10.0. The Labute approximate surface area is 213 Å². The molecule has 2 aliphatic carbocycles. The summed E-state index contributed by atoms with van der Waals surface area (Å²) in [6.07, 6.45) is 8.81. The van der Waals surface area contributed by atoms with Crippen molar-refractivity contribution >= 4 is 39.0 Å². The number of thioether (sulfide) groups is 2. The van der Waals surface area contributed by atoms with Crippen LogP contribution in [0.2, 0.25) is 0 Å². The Morgan fingerprint density at radius 2 is 1.21 bits per heavy atom. The lowest BCUT2D eigenvalue weighted by molar-refractivity contribution is 0.607. The van der Waals surface area contributed by atoms with Gasteiger partial charge in [-0.25, -0.2) is 0 Å². The summed E-state index contributed by atoms with van der Waals surface area (Å²) >= 11 is 4.19. The second kappa shape index (κ2) is 8.24. The van der Waals surface area contributed by atoms with Crippen LogP contribution in [0.5, 0.6) is 0 Å². The fourth-order valence-electron chi connectivity index (χ4n) is 6.26. The number of allylic oxidation sites excluding steroid dienone is 4. The molecule has 0 bridgehead atoms. The van der Waals surface area contributed by atoms with Crippen LogP contribution in [0.25, 0.3) is 9.81 Å². The van der Waals surface area contributed by atoms with Crippen molar-refractivity contribution < 1.29 is 0 Å². The average molecular weight is 484 g/mol. The van der Waals surface area contributed by atoms with Crippen LogP contribution in [0, 0.1) is 0 Å².